The first-order valence-electron chi connectivity index (χ1n) is 5.32. The molecule has 0 radical (unpaired) electrons. The largest absolute Gasteiger partial charge is 0.379 e. The van der Waals surface area contributed by atoms with Crippen molar-refractivity contribution >= 4 is 5.91 Å². The predicted molar refractivity (Wildman–Crippen MR) is 59.3 cm³/mol. The van der Waals surface area contributed by atoms with E-state index in [1.54, 1.807) is 11.0 Å². The van der Waals surface area contributed by atoms with E-state index in [0.717, 1.165) is 0 Å². The van der Waals surface area contributed by atoms with Crippen LogP contribution >= 0.6 is 0 Å². The highest BCUT2D eigenvalue weighted by Gasteiger charge is 2.34. The van der Waals surface area contributed by atoms with Crippen molar-refractivity contribution in [3.8, 4) is 0 Å². The van der Waals surface area contributed by atoms with E-state index in [4.69, 9.17) is 10.5 Å². The Morgan fingerprint density at radius 3 is 2.73 bits per heavy atom. The van der Waals surface area contributed by atoms with Crippen molar-refractivity contribution in [2.45, 2.75) is 25.9 Å². The number of nitrogens with zero attached hydrogens (tertiary/aromatic N) is 1. The number of hydrogen-bond donors (Lipinski definition) is 1. The Morgan fingerprint density at radius 1 is 1.67 bits per heavy atom. The summed E-state index contributed by atoms with van der Waals surface area (Å²) >= 11 is 0. The fourth-order valence-electron chi connectivity index (χ4n) is 1.73. The second kappa shape index (κ2) is 5.28. The molecule has 86 valence electrons. The fraction of sp³-hybridized carbons (Fsp3) is 0.727. The Balaban J connectivity index is 2.66. The lowest BCUT2D eigenvalue weighted by Gasteiger charge is -2.28. The molecule has 0 bridgehead atoms. The number of ether oxygens (including phenoxy) is 1. The van der Waals surface area contributed by atoms with E-state index in [1.807, 2.05) is 13.8 Å². The summed E-state index contributed by atoms with van der Waals surface area (Å²) in [6.45, 7) is 9.13. The lowest BCUT2D eigenvalue weighted by Crippen LogP contribution is -2.46. The Labute approximate surface area is 91.1 Å². The highest BCUT2D eigenvalue weighted by Crippen LogP contribution is 2.16. The van der Waals surface area contributed by atoms with Gasteiger partial charge in [0.1, 0.15) is 0 Å². The van der Waals surface area contributed by atoms with Crippen LogP contribution in [0.3, 0.4) is 0 Å². The third-order valence-corrected chi connectivity index (χ3v) is 2.67. The first-order valence-corrected chi connectivity index (χ1v) is 5.32. The van der Waals surface area contributed by atoms with E-state index in [2.05, 4.69) is 6.58 Å². The molecule has 0 aromatic rings. The van der Waals surface area contributed by atoms with Gasteiger partial charge in [-0.2, -0.15) is 0 Å². The number of carbonyl (C=O) groups excluding carboxylic acids is 1. The van der Waals surface area contributed by atoms with Crippen molar-refractivity contribution in [1.29, 1.82) is 0 Å². The number of rotatable bonds is 4. The molecular formula is C11H20N2O2. The van der Waals surface area contributed by atoms with Crippen molar-refractivity contribution < 1.29 is 9.53 Å². The third kappa shape index (κ3) is 2.79. The van der Waals surface area contributed by atoms with Crippen molar-refractivity contribution in [3.63, 3.8) is 0 Å². The van der Waals surface area contributed by atoms with Crippen molar-refractivity contribution in [1.82, 2.24) is 4.90 Å². The van der Waals surface area contributed by atoms with Gasteiger partial charge in [0.25, 0.3) is 0 Å². The van der Waals surface area contributed by atoms with Gasteiger partial charge in [-0.1, -0.05) is 6.08 Å². The molecule has 1 aliphatic rings. The molecule has 1 saturated heterocycles. The zero-order valence-electron chi connectivity index (χ0n) is 9.48. The van der Waals surface area contributed by atoms with Gasteiger partial charge >= 0.3 is 0 Å². The Hall–Kier alpha value is -0.870. The van der Waals surface area contributed by atoms with E-state index < -0.39 is 0 Å². The van der Waals surface area contributed by atoms with Gasteiger partial charge < -0.3 is 15.4 Å². The number of nitrogens with two attached hydrogens (primary N) is 1. The van der Waals surface area contributed by atoms with E-state index >= 15 is 0 Å². The van der Waals surface area contributed by atoms with Crippen molar-refractivity contribution in [3.05, 3.63) is 12.7 Å². The van der Waals surface area contributed by atoms with Crippen molar-refractivity contribution in [2.75, 3.05) is 19.8 Å². The summed E-state index contributed by atoms with van der Waals surface area (Å²) < 4.78 is 5.20. The second-order valence-corrected chi connectivity index (χ2v) is 4.18. The maximum atomic E-state index is 12.1. The van der Waals surface area contributed by atoms with E-state index in [9.17, 15) is 4.79 Å². The first-order chi connectivity index (χ1) is 7.07. The number of carbonyl (C=O) groups is 1. The number of hydrogen-bond acceptors (Lipinski definition) is 3. The van der Waals surface area contributed by atoms with Gasteiger partial charge in [0.05, 0.1) is 19.1 Å². The summed E-state index contributed by atoms with van der Waals surface area (Å²) in [5, 5.41) is 0. The minimum atomic E-state index is -0.188. The van der Waals surface area contributed by atoms with Crippen LogP contribution in [0, 0.1) is 5.92 Å². The van der Waals surface area contributed by atoms with Crippen LogP contribution in [-0.4, -0.2) is 42.6 Å². The molecule has 0 aliphatic carbocycles. The van der Waals surface area contributed by atoms with E-state index in [0.29, 0.717) is 19.8 Å². The molecule has 1 fully saturated rings. The van der Waals surface area contributed by atoms with Crippen molar-refractivity contribution in [2.24, 2.45) is 11.7 Å². The minimum Gasteiger partial charge on any atom is -0.379 e. The summed E-state index contributed by atoms with van der Waals surface area (Å²) in [5.74, 6) is -0.109. The average Bonchev–Trinajstić information content (AvgIpc) is 2.59. The molecular weight excluding hydrogens is 192 g/mol. The maximum absolute atomic E-state index is 12.1. The molecule has 4 nitrogen and oxygen atoms in total. The summed E-state index contributed by atoms with van der Waals surface area (Å²) in [5.41, 5.74) is 5.82. The van der Waals surface area contributed by atoms with Gasteiger partial charge in [-0.15, -0.1) is 6.58 Å². The molecule has 2 unspecified atom stereocenters. The number of amides is 1. The topological polar surface area (TPSA) is 55.6 Å². The van der Waals surface area contributed by atoms with Crippen LogP contribution in [0.15, 0.2) is 12.7 Å². The fourth-order valence-corrected chi connectivity index (χ4v) is 1.73. The van der Waals surface area contributed by atoms with Gasteiger partial charge in [0.15, 0.2) is 0 Å². The SMILES string of the molecule is C=CCN(C(=O)C1COCC1N)C(C)C. The molecule has 15 heavy (non-hydrogen) atoms. The summed E-state index contributed by atoms with van der Waals surface area (Å²) in [7, 11) is 0. The van der Waals surface area contributed by atoms with Crippen LogP contribution in [0.1, 0.15) is 13.8 Å². The molecule has 1 aliphatic heterocycles. The molecule has 1 amide bonds. The lowest BCUT2D eigenvalue weighted by atomic mass is 10.0. The van der Waals surface area contributed by atoms with Gasteiger partial charge in [0.2, 0.25) is 5.91 Å². The van der Waals surface area contributed by atoms with Crippen LogP contribution in [0.5, 0.6) is 0 Å². The summed E-state index contributed by atoms with van der Waals surface area (Å²) in [6, 6.07) is 0.00636. The van der Waals surface area contributed by atoms with Crippen LogP contribution < -0.4 is 5.73 Å². The molecule has 0 aromatic carbocycles. The molecule has 4 heteroatoms. The Morgan fingerprint density at radius 2 is 2.33 bits per heavy atom. The summed E-state index contributed by atoms with van der Waals surface area (Å²) in [4.78, 5) is 13.9. The zero-order chi connectivity index (χ0) is 11.4. The molecule has 0 spiro atoms. The lowest BCUT2D eigenvalue weighted by molar-refractivity contribution is -0.136. The Bertz CT molecular complexity index is 241. The smallest absolute Gasteiger partial charge is 0.230 e. The standard InChI is InChI=1S/C11H20N2O2/c1-4-5-13(8(2)3)11(14)9-6-15-7-10(9)12/h4,8-10H,1,5-7,12H2,2-3H3. The van der Waals surface area contributed by atoms with Gasteiger partial charge in [-0.25, -0.2) is 0 Å². The van der Waals surface area contributed by atoms with Gasteiger partial charge in [-0.05, 0) is 13.8 Å². The Kier molecular flexibility index (Phi) is 4.29. The zero-order valence-corrected chi connectivity index (χ0v) is 9.48. The highest BCUT2D eigenvalue weighted by atomic mass is 16.5. The van der Waals surface area contributed by atoms with Crippen LogP contribution in [0.4, 0.5) is 0 Å². The maximum Gasteiger partial charge on any atom is 0.230 e. The molecule has 1 heterocycles. The molecule has 0 saturated carbocycles. The molecule has 0 aromatic heterocycles. The quantitative estimate of drug-likeness (QED) is 0.686. The van der Waals surface area contributed by atoms with E-state index in [-0.39, 0.29) is 23.9 Å². The monoisotopic (exact) mass is 212 g/mol. The summed E-state index contributed by atoms with van der Waals surface area (Å²) in [6.07, 6.45) is 1.74. The van der Waals surface area contributed by atoms with Crippen LogP contribution in [-0.2, 0) is 9.53 Å². The average molecular weight is 212 g/mol. The second-order valence-electron chi connectivity index (χ2n) is 4.18. The third-order valence-electron chi connectivity index (χ3n) is 2.67. The van der Waals surface area contributed by atoms with Gasteiger partial charge in [0, 0.05) is 18.6 Å². The molecule has 1 rings (SSSR count). The minimum absolute atomic E-state index is 0.0786. The molecule has 2 atom stereocenters. The predicted octanol–water partition coefficient (Wildman–Crippen LogP) is 0.383. The molecule has 2 N–H and O–H groups in total. The normalized spacial score (nSPS) is 25.6. The highest BCUT2D eigenvalue weighted by molar-refractivity contribution is 5.80. The van der Waals surface area contributed by atoms with Crippen LogP contribution in [0.2, 0.25) is 0 Å². The van der Waals surface area contributed by atoms with Gasteiger partial charge in [-0.3, -0.25) is 4.79 Å². The first kappa shape index (κ1) is 12.2. The van der Waals surface area contributed by atoms with Crippen LogP contribution in [0.25, 0.3) is 0 Å². The van der Waals surface area contributed by atoms with E-state index in [1.165, 1.54) is 0 Å².